The first-order valence-electron chi connectivity index (χ1n) is 4.06. The van der Waals surface area contributed by atoms with Gasteiger partial charge in [0.05, 0.1) is 12.0 Å². The molecule has 0 saturated carbocycles. The van der Waals surface area contributed by atoms with E-state index in [0.29, 0.717) is 13.0 Å². The van der Waals surface area contributed by atoms with E-state index in [1.54, 1.807) is 12.2 Å². The maximum absolute atomic E-state index is 11.5. The summed E-state index contributed by atoms with van der Waals surface area (Å²) < 4.78 is 0. The number of nitrogens with zero attached hydrogens (tertiary/aromatic N) is 1. The van der Waals surface area contributed by atoms with Crippen molar-refractivity contribution in [2.24, 2.45) is 0 Å². The molecule has 1 heterocycles. The lowest BCUT2D eigenvalue weighted by Crippen LogP contribution is -2.20. The number of halogens is 1. The largest absolute Gasteiger partial charge is 0.303 e. The number of Topliss-reactive ketones (excluding diaryl/α,β-unsaturated/α-hetero) is 1. The van der Waals surface area contributed by atoms with Gasteiger partial charge in [0.2, 0.25) is 0 Å². The molecule has 0 aliphatic carbocycles. The van der Waals surface area contributed by atoms with Gasteiger partial charge in [-0.05, 0) is 11.4 Å². The molecular weight excluding hydrogens is 222 g/mol. The second-order valence-corrected chi connectivity index (χ2v) is 3.63. The lowest BCUT2D eigenvalue weighted by atomic mass is 10.2. The topological polar surface area (TPSA) is 29.5 Å². The molecule has 0 aliphatic heterocycles. The number of carbonyl (C=O) groups is 1. The average molecular weight is 236 g/mol. The van der Waals surface area contributed by atoms with Crippen molar-refractivity contribution < 1.29 is 9.63 Å². The third kappa shape index (κ3) is 4.19. The maximum atomic E-state index is 11.5. The van der Waals surface area contributed by atoms with Gasteiger partial charge in [0.25, 0.3) is 0 Å². The molecule has 0 fully saturated rings. The molecule has 1 aromatic rings. The van der Waals surface area contributed by atoms with Crippen LogP contribution in [0, 0.1) is 0 Å². The Bertz CT molecular complexity index is 264. The SMILES string of the molecule is CON(C)CCC(=O)c1cccs1.Cl. The highest BCUT2D eigenvalue weighted by atomic mass is 35.5. The zero-order valence-electron chi connectivity index (χ0n) is 8.23. The third-order valence-electron chi connectivity index (χ3n) is 1.76. The van der Waals surface area contributed by atoms with Gasteiger partial charge in [0.1, 0.15) is 0 Å². The van der Waals surface area contributed by atoms with Gasteiger partial charge in [-0.25, -0.2) is 0 Å². The third-order valence-corrected chi connectivity index (χ3v) is 2.67. The number of hydrogen-bond acceptors (Lipinski definition) is 4. The lowest BCUT2D eigenvalue weighted by Gasteiger charge is -2.11. The predicted molar refractivity (Wildman–Crippen MR) is 60.2 cm³/mol. The summed E-state index contributed by atoms with van der Waals surface area (Å²) in [6.45, 7) is 0.632. The maximum Gasteiger partial charge on any atom is 0.174 e. The van der Waals surface area contributed by atoms with Crippen molar-refractivity contribution >= 4 is 29.5 Å². The fourth-order valence-electron chi connectivity index (χ4n) is 0.911. The van der Waals surface area contributed by atoms with E-state index >= 15 is 0 Å². The van der Waals surface area contributed by atoms with Crippen molar-refractivity contribution in [2.45, 2.75) is 6.42 Å². The summed E-state index contributed by atoms with van der Waals surface area (Å²) in [5, 5.41) is 3.55. The molecular formula is C9H14ClNO2S. The number of rotatable bonds is 5. The van der Waals surface area contributed by atoms with Gasteiger partial charge in [0.15, 0.2) is 5.78 Å². The second-order valence-electron chi connectivity index (χ2n) is 2.68. The Morgan fingerprint density at radius 1 is 1.64 bits per heavy atom. The molecule has 80 valence electrons. The van der Waals surface area contributed by atoms with Crippen LogP contribution in [0.15, 0.2) is 17.5 Å². The van der Waals surface area contributed by atoms with Crippen LogP contribution in [0.1, 0.15) is 16.1 Å². The molecule has 0 N–H and O–H groups in total. The Hall–Kier alpha value is -0.420. The van der Waals surface area contributed by atoms with Gasteiger partial charge < -0.3 is 4.84 Å². The summed E-state index contributed by atoms with van der Waals surface area (Å²) in [7, 11) is 3.40. The predicted octanol–water partition coefficient (Wildman–Crippen LogP) is 2.24. The number of hydroxylamine groups is 2. The van der Waals surface area contributed by atoms with E-state index in [-0.39, 0.29) is 18.2 Å². The minimum atomic E-state index is 0. The van der Waals surface area contributed by atoms with E-state index < -0.39 is 0 Å². The Balaban J connectivity index is 0.00000169. The summed E-state index contributed by atoms with van der Waals surface area (Å²) in [6.07, 6.45) is 0.505. The number of carbonyl (C=O) groups excluding carboxylic acids is 1. The smallest absolute Gasteiger partial charge is 0.174 e. The summed E-state index contributed by atoms with van der Waals surface area (Å²) >= 11 is 1.48. The van der Waals surface area contributed by atoms with Crippen LogP contribution >= 0.6 is 23.7 Å². The molecule has 0 amide bonds. The number of thiophene rings is 1. The first kappa shape index (κ1) is 13.6. The molecule has 0 atom stereocenters. The molecule has 0 spiro atoms. The van der Waals surface area contributed by atoms with E-state index in [1.165, 1.54) is 11.3 Å². The first-order chi connectivity index (χ1) is 6.24. The summed E-state index contributed by atoms with van der Waals surface area (Å²) in [4.78, 5) is 17.2. The highest BCUT2D eigenvalue weighted by molar-refractivity contribution is 7.12. The van der Waals surface area contributed by atoms with Crippen LogP contribution < -0.4 is 0 Å². The van der Waals surface area contributed by atoms with Crippen molar-refractivity contribution in [3.63, 3.8) is 0 Å². The van der Waals surface area contributed by atoms with Gasteiger partial charge in [-0.15, -0.1) is 23.7 Å². The van der Waals surface area contributed by atoms with Crippen LogP contribution in [0.2, 0.25) is 0 Å². The van der Waals surface area contributed by atoms with Crippen LogP contribution in [0.4, 0.5) is 0 Å². The molecule has 0 saturated heterocycles. The van der Waals surface area contributed by atoms with Crippen LogP contribution in [0.5, 0.6) is 0 Å². The lowest BCUT2D eigenvalue weighted by molar-refractivity contribution is -0.107. The second kappa shape index (κ2) is 6.95. The zero-order valence-corrected chi connectivity index (χ0v) is 9.86. The van der Waals surface area contributed by atoms with Crippen molar-refractivity contribution in [1.82, 2.24) is 5.06 Å². The molecule has 0 aromatic carbocycles. The fraction of sp³-hybridized carbons (Fsp3) is 0.444. The average Bonchev–Trinajstić information content (AvgIpc) is 2.66. The Morgan fingerprint density at radius 2 is 2.36 bits per heavy atom. The highest BCUT2D eigenvalue weighted by Crippen LogP contribution is 2.11. The van der Waals surface area contributed by atoms with Crippen LogP contribution in [0.25, 0.3) is 0 Å². The number of ketones is 1. The molecule has 0 radical (unpaired) electrons. The molecule has 0 bridgehead atoms. The van der Waals surface area contributed by atoms with Crippen LogP contribution in [-0.4, -0.2) is 31.5 Å². The number of hydrogen-bond donors (Lipinski definition) is 0. The summed E-state index contributed by atoms with van der Waals surface area (Å²) in [5.41, 5.74) is 0. The van der Waals surface area contributed by atoms with E-state index in [2.05, 4.69) is 0 Å². The van der Waals surface area contributed by atoms with E-state index in [0.717, 1.165) is 4.88 Å². The monoisotopic (exact) mass is 235 g/mol. The standard InChI is InChI=1S/C9H13NO2S.ClH/c1-10(12-2)6-5-8(11)9-4-3-7-13-9;/h3-4,7H,5-6H2,1-2H3;1H. The van der Waals surface area contributed by atoms with Crippen molar-refractivity contribution in [3.05, 3.63) is 22.4 Å². The normalized spacial score (nSPS) is 9.93. The molecule has 0 aliphatic rings. The van der Waals surface area contributed by atoms with E-state index in [1.807, 2.05) is 24.6 Å². The highest BCUT2D eigenvalue weighted by Gasteiger charge is 2.07. The summed E-state index contributed by atoms with van der Waals surface area (Å²) in [6, 6.07) is 3.73. The molecule has 0 unspecified atom stereocenters. The Labute approximate surface area is 94.0 Å². The van der Waals surface area contributed by atoms with Gasteiger partial charge in [-0.2, -0.15) is 5.06 Å². The minimum Gasteiger partial charge on any atom is -0.303 e. The zero-order chi connectivity index (χ0) is 9.68. The van der Waals surface area contributed by atoms with E-state index in [4.69, 9.17) is 4.84 Å². The van der Waals surface area contributed by atoms with Gasteiger partial charge in [-0.3, -0.25) is 4.79 Å². The van der Waals surface area contributed by atoms with Crippen molar-refractivity contribution in [3.8, 4) is 0 Å². The van der Waals surface area contributed by atoms with Gasteiger partial charge in [-0.1, -0.05) is 6.07 Å². The molecule has 1 aromatic heterocycles. The van der Waals surface area contributed by atoms with Crippen molar-refractivity contribution in [1.29, 1.82) is 0 Å². The fourth-order valence-corrected chi connectivity index (χ4v) is 1.61. The quantitative estimate of drug-likeness (QED) is 0.579. The minimum absolute atomic E-state index is 0. The van der Waals surface area contributed by atoms with E-state index in [9.17, 15) is 4.79 Å². The van der Waals surface area contributed by atoms with Gasteiger partial charge in [0, 0.05) is 20.0 Å². The van der Waals surface area contributed by atoms with Crippen molar-refractivity contribution in [2.75, 3.05) is 20.7 Å². The molecule has 3 nitrogen and oxygen atoms in total. The Morgan fingerprint density at radius 3 is 2.86 bits per heavy atom. The van der Waals surface area contributed by atoms with Crippen LogP contribution in [-0.2, 0) is 4.84 Å². The Kier molecular flexibility index (Phi) is 6.74. The van der Waals surface area contributed by atoms with Gasteiger partial charge >= 0.3 is 0 Å². The molecule has 5 heteroatoms. The molecule has 14 heavy (non-hydrogen) atoms. The summed E-state index contributed by atoms with van der Waals surface area (Å²) in [5.74, 6) is 0.180. The first-order valence-corrected chi connectivity index (χ1v) is 4.94. The van der Waals surface area contributed by atoms with Crippen LogP contribution in [0.3, 0.4) is 0 Å². The molecule has 1 rings (SSSR count).